The third-order valence-corrected chi connectivity index (χ3v) is 2.55. The van der Waals surface area contributed by atoms with Crippen molar-refractivity contribution < 1.29 is 14.3 Å². The highest BCUT2D eigenvalue weighted by molar-refractivity contribution is 5.95. The Balaban J connectivity index is 2.71. The molecule has 92 valence electrons. The fourth-order valence-corrected chi connectivity index (χ4v) is 1.43. The molecule has 0 N–H and O–H groups in total. The van der Waals surface area contributed by atoms with Crippen LogP contribution in [0.5, 0.6) is 0 Å². The summed E-state index contributed by atoms with van der Waals surface area (Å²) in [5.41, 5.74) is 1.76. The number of aryl methyl sites for hydroxylation is 1. The molecule has 0 radical (unpaired) electrons. The van der Waals surface area contributed by atoms with E-state index in [-0.39, 0.29) is 12.5 Å². The molecule has 1 aromatic carbocycles. The number of rotatable bonds is 4. The fraction of sp³-hybridized carbons (Fsp3) is 0.385. The summed E-state index contributed by atoms with van der Waals surface area (Å²) < 4.78 is 4.51. The van der Waals surface area contributed by atoms with Gasteiger partial charge in [-0.15, -0.1) is 0 Å². The van der Waals surface area contributed by atoms with E-state index < -0.39 is 5.97 Å². The van der Waals surface area contributed by atoms with Crippen LogP contribution in [0.2, 0.25) is 0 Å². The summed E-state index contributed by atoms with van der Waals surface area (Å²) in [6.07, 6.45) is 0.937. The van der Waals surface area contributed by atoms with Gasteiger partial charge in [-0.1, -0.05) is 19.1 Å². The molecule has 4 nitrogen and oxygen atoms in total. The van der Waals surface area contributed by atoms with Gasteiger partial charge in [-0.25, -0.2) is 0 Å². The van der Waals surface area contributed by atoms with E-state index in [4.69, 9.17) is 0 Å². The van der Waals surface area contributed by atoms with E-state index in [9.17, 15) is 9.59 Å². The van der Waals surface area contributed by atoms with Crippen LogP contribution >= 0.6 is 0 Å². The summed E-state index contributed by atoms with van der Waals surface area (Å²) in [7, 11) is 2.88. The maximum absolute atomic E-state index is 11.9. The van der Waals surface area contributed by atoms with Crippen molar-refractivity contribution in [2.75, 3.05) is 20.7 Å². The first-order valence-electron chi connectivity index (χ1n) is 5.49. The number of nitrogens with zero attached hydrogens (tertiary/aromatic N) is 1. The Morgan fingerprint density at radius 2 is 1.82 bits per heavy atom. The van der Waals surface area contributed by atoms with Crippen molar-refractivity contribution in [2.24, 2.45) is 0 Å². The fourth-order valence-electron chi connectivity index (χ4n) is 1.43. The Labute approximate surface area is 101 Å². The van der Waals surface area contributed by atoms with Crippen molar-refractivity contribution in [1.82, 2.24) is 4.90 Å². The Bertz CT molecular complexity index is 398. The first-order valence-corrected chi connectivity index (χ1v) is 5.49. The van der Waals surface area contributed by atoms with E-state index in [1.54, 1.807) is 19.2 Å². The van der Waals surface area contributed by atoms with Gasteiger partial charge in [0.1, 0.15) is 6.54 Å². The quantitative estimate of drug-likeness (QED) is 0.743. The molecule has 0 heterocycles. The highest BCUT2D eigenvalue weighted by Crippen LogP contribution is 2.07. The van der Waals surface area contributed by atoms with Crippen LogP contribution in [0.15, 0.2) is 24.3 Å². The molecule has 0 aromatic heterocycles. The lowest BCUT2D eigenvalue weighted by molar-refractivity contribution is -0.141. The Morgan fingerprint density at radius 3 is 2.29 bits per heavy atom. The molecule has 0 atom stereocenters. The van der Waals surface area contributed by atoms with Crippen LogP contribution in [0.1, 0.15) is 22.8 Å². The van der Waals surface area contributed by atoms with Gasteiger partial charge >= 0.3 is 5.97 Å². The molecule has 0 spiro atoms. The summed E-state index contributed by atoms with van der Waals surface area (Å²) in [5.74, 6) is -0.607. The van der Waals surface area contributed by atoms with E-state index in [1.165, 1.54) is 17.6 Å². The smallest absolute Gasteiger partial charge is 0.325 e. The molecule has 0 bridgehead atoms. The molecular formula is C13H17NO3. The second-order valence-electron chi connectivity index (χ2n) is 3.79. The second kappa shape index (κ2) is 6.03. The van der Waals surface area contributed by atoms with Crippen molar-refractivity contribution in [3.8, 4) is 0 Å². The maximum atomic E-state index is 11.9. The van der Waals surface area contributed by atoms with Gasteiger partial charge in [0.25, 0.3) is 5.91 Å². The SMILES string of the molecule is CCc1ccc(C(=O)N(C)CC(=O)OC)cc1. The highest BCUT2D eigenvalue weighted by atomic mass is 16.5. The normalized spacial score (nSPS) is 9.82. The van der Waals surface area contributed by atoms with Crippen LogP contribution in [0, 0.1) is 0 Å². The average molecular weight is 235 g/mol. The third-order valence-electron chi connectivity index (χ3n) is 2.55. The van der Waals surface area contributed by atoms with Gasteiger partial charge in [-0.3, -0.25) is 9.59 Å². The van der Waals surface area contributed by atoms with Gasteiger partial charge < -0.3 is 9.64 Å². The van der Waals surface area contributed by atoms with E-state index >= 15 is 0 Å². The second-order valence-corrected chi connectivity index (χ2v) is 3.79. The molecule has 0 fully saturated rings. The van der Waals surface area contributed by atoms with Crippen molar-refractivity contribution >= 4 is 11.9 Å². The predicted octanol–water partition coefficient (Wildman–Crippen LogP) is 1.49. The van der Waals surface area contributed by atoms with Crippen molar-refractivity contribution in [2.45, 2.75) is 13.3 Å². The number of carbonyl (C=O) groups excluding carboxylic acids is 2. The molecule has 1 rings (SSSR count). The highest BCUT2D eigenvalue weighted by Gasteiger charge is 2.14. The van der Waals surface area contributed by atoms with Crippen molar-refractivity contribution in [1.29, 1.82) is 0 Å². The lowest BCUT2D eigenvalue weighted by Crippen LogP contribution is -2.32. The molecule has 0 unspecified atom stereocenters. The van der Waals surface area contributed by atoms with Gasteiger partial charge in [0.05, 0.1) is 7.11 Å². The third kappa shape index (κ3) is 3.59. The first kappa shape index (κ1) is 13.2. The van der Waals surface area contributed by atoms with Gasteiger partial charge in [0.2, 0.25) is 0 Å². The lowest BCUT2D eigenvalue weighted by Gasteiger charge is -2.15. The lowest BCUT2D eigenvalue weighted by atomic mass is 10.1. The number of hydrogen-bond acceptors (Lipinski definition) is 3. The topological polar surface area (TPSA) is 46.6 Å². The van der Waals surface area contributed by atoms with Gasteiger partial charge in [0, 0.05) is 12.6 Å². The summed E-state index contributed by atoms with van der Waals surface area (Å²) in [6.45, 7) is 2.02. The number of esters is 1. The monoisotopic (exact) mass is 235 g/mol. The molecule has 1 amide bonds. The van der Waals surface area contributed by atoms with Gasteiger partial charge in [0.15, 0.2) is 0 Å². The summed E-state index contributed by atoms with van der Waals surface area (Å²) in [5, 5.41) is 0. The van der Waals surface area contributed by atoms with Crippen LogP contribution in [0.4, 0.5) is 0 Å². The molecule has 0 aliphatic heterocycles. The summed E-state index contributed by atoms with van der Waals surface area (Å²) in [4.78, 5) is 24.3. The number of methoxy groups -OCH3 is 1. The number of likely N-dealkylation sites (N-methyl/N-ethyl adjacent to an activating group) is 1. The Hall–Kier alpha value is -1.84. The zero-order valence-electron chi connectivity index (χ0n) is 10.4. The van der Waals surface area contributed by atoms with Gasteiger partial charge in [-0.05, 0) is 24.1 Å². The number of amides is 1. The zero-order valence-corrected chi connectivity index (χ0v) is 10.4. The molecular weight excluding hydrogens is 218 g/mol. The number of hydrogen-bond donors (Lipinski definition) is 0. The predicted molar refractivity (Wildman–Crippen MR) is 64.8 cm³/mol. The van der Waals surface area contributed by atoms with E-state index in [1.807, 2.05) is 12.1 Å². The van der Waals surface area contributed by atoms with Gasteiger partial charge in [-0.2, -0.15) is 0 Å². The minimum atomic E-state index is -0.425. The zero-order chi connectivity index (χ0) is 12.8. The van der Waals surface area contributed by atoms with E-state index in [0.717, 1.165) is 6.42 Å². The van der Waals surface area contributed by atoms with Crippen LogP contribution in [-0.4, -0.2) is 37.5 Å². The first-order chi connectivity index (χ1) is 8.08. The van der Waals surface area contributed by atoms with Crippen LogP contribution in [0.3, 0.4) is 0 Å². The average Bonchev–Trinajstić information content (AvgIpc) is 2.37. The minimum absolute atomic E-state index is 0.0368. The summed E-state index contributed by atoms with van der Waals surface area (Å²) >= 11 is 0. The largest absolute Gasteiger partial charge is 0.468 e. The molecule has 0 saturated heterocycles. The molecule has 17 heavy (non-hydrogen) atoms. The van der Waals surface area contributed by atoms with Crippen molar-refractivity contribution in [3.63, 3.8) is 0 Å². The number of benzene rings is 1. The molecule has 1 aromatic rings. The molecule has 0 saturated carbocycles. The summed E-state index contributed by atoms with van der Waals surface area (Å²) in [6, 6.07) is 7.38. The van der Waals surface area contributed by atoms with Crippen molar-refractivity contribution in [3.05, 3.63) is 35.4 Å². The molecule has 0 aliphatic carbocycles. The number of ether oxygens (including phenoxy) is 1. The molecule has 4 heteroatoms. The van der Waals surface area contributed by atoms with E-state index in [0.29, 0.717) is 5.56 Å². The van der Waals surface area contributed by atoms with Crippen LogP contribution < -0.4 is 0 Å². The minimum Gasteiger partial charge on any atom is -0.468 e. The maximum Gasteiger partial charge on any atom is 0.325 e. The van der Waals surface area contributed by atoms with E-state index in [2.05, 4.69) is 11.7 Å². The van der Waals surface area contributed by atoms with Crippen LogP contribution in [0.25, 0.3) is 0 Å². The Kier molecular flexibility index (Phi) is 4.69. The number of carbonyl (C=O) groups is 2. The van der Waals surface area contributed by atoms with Crippen LogP contribution in [-0.2, 0) is 16.0 Å². The Morgan fingerprint density at radius 1 is 1.24 bits per heavy atom. The standard InChI is InChI=1S/C13H17NO3/c1-4-10-5-7-11(8-6-10)13(16)14(2)9-12(15)17-3/h5-8H,4,9H2,1-3H3. The molecule has 0 aliphatic rings.